The van der Waals surface area contributed by atoms with Crippen molar-refractivity contribution >= 4 is 29.2 Å². The lowest BCUT2D eigenvalue weighted by Crippen LogP contribution is -2.27. The zero-order valence-corrected chi connectivity index (χ0v) is 15.1. The number of amides is 1. The first-order valence-corrected chi connectivity index (χ1v) is 9.04. The lowest BCUT2D eigenvalue weighted by atomic mass is 9.80. The Hall–Kier alpha value is -2.83. The third kappa shape index (κ3) is 3.18. The van der Waals surface area contributed by atoms with E-state index in [9.17, 15) is 15.0 Å². The summed E-state index contributed by atoms with van der Waals surface area (Å²) in [7, 11) is 0. The van der Waals surface area contributed by atoms with Crippen molar-refractivity contribution in [3.8, 4) is 5.69 Å². The van der Waals surface area contributed by atoms with Crippen molar-refractivity contribution in [3.05, 3.63) is 71.4 Å². The molecule has 2 aromatic carbocycles. The lowest BCUT2D eigenvalue weighted by Gasteiger charge is -2.30. The molecule has 1 saturated carbocycles. The van der Waals surface area contributed by atoms with Crippen molar-refractivity contribution in [2.24, 2.45) is 0 Å². The van der Waals surface area contributed by atoms with Gasteiger partial charge in [-0.1, -0.05) is 48.0 Å². The summed E-state index contributed by atoms with van der Waals surface area (Å²) >= 11 is 6.65. The van der Waals surface area contributed by atoms with Crippen LogP contribution in [0.1, 0.15) is 24.5 Å². The SMILES string of the molecule is O=C(O)N(c1ccccc1)c1c(Cl)c(C2CC(O)C2)nn1-c1ccccc1. The predicted molar refractivity (Wildman–Crippen MR) is 103 cm³/mol. The van der Waals surface area contributed by atoms with Gasteiger partial charge in [0.1, 0.15) is 5.02 Å². The fourth-order valence-corrected chi connectivity index (χ4v) is 3.68. The Labute approximate surface area is 161 Å². The van der Waals surface area contributed by atoms with Crippen LogP contribution in [0.3, 0.4) is 0 Å². The maximum Gasteiger partial charge on any atom is 0.417 e. The average molecular weight is 384 g/mol. The van der Waals surface area contributed by atoms with Gasteiger partial charge < -0.3 is 10.2 Å². The van der Waals surface area contributed by atoms with Crippen molar-refractivity contribution in [1.82, 2.24) is 9.78 Å². The molecular formula is C20H18ClN3O3. The van der Waals surface area contributed by atoms with E-state index >= 15 is 0 Å². The molecule has 0 spiro atoms. The van der Waals surface area contributed by atoms with Gasteiger partial charge in [0.25, 0.3) is 0 Å². The van der Waals surface area contributed by atoms with E-state index in [2.05, 4.69) is 5.10 Å². The summed E-state index contributed by atoms with van der Waals surface area (Å²) in [6.07, 6.45) is -0.367. The van der Waals surface area contributed by atoms with Crippen LogP contribution < -0.4 is 4.90 Å². The number of aliphatic hydroxyl groups is 1. The molecule has 1 aliphatic rings. The van der Waals surface area contributed by atoms with E-state index < -0.39 is 6.09 Å². The minimum atomic E-state index is -1.15. The molecule has 6 nitrogen and oxygen atoms in total. The molecule has 138 valence electrons. The molecule has 1 heterocycles. The van der Waals surface area contributed by atoms with Gasteiger partial charge in [-0.2, -0.15) is 5.10 Å². The first-order chi connectivity index (χ1) is 13.1. The number of carboxylic acid groups (broad SMARTS) is 1. The number of para-hydroxylation sites is 2. The summed E-state index contributed by atoms with van der Waals surface area (Å²) in [4.78, 5) is 13.3. The van der Waals surface area contributed by atoms with Crippen LogP contribution in [-0.2, 0) is 0 Å². The second-order valence-corrected chi connectivity index (χ2v) is 6.92. The number of aliphatic hydroxyl groups excluding tert-OH is 1. The summed E-state index contributed by atoms with van der Waals surface area (Å²) in [6, 6.07) is 18.1. The molecule has 0 unspecified atom stereocenters. The predicted octanol–water partition coefficient (Wildman–Crippen LogP) is 4.58. The van der Waals surface area contributed by atoms with Crippen LogP contribution in [0.4, 0.5) is 16.3 Å². The molecule has 2 N–H and O–H groups in total. The van der Waals surface area contributed by atoms with Gasteiger partial charge in [0.05, 0.1) is 23.2 Å². The second-order valence-electron chi connectivity index (χ2n) is 6.55. The standard InChI is InChI=1S/C20H18ClN3O3/c21-17-18(13-11-16(25)12-13)22-24(15-9-5-2-6-10-15)19(17)23(20(26)27)14-7-3-1-4-8-14/h1-10,13,16,25H,11-12H2,(H,26,27). The Balaban J connectivity index is 1.90. The van der Waals surface area contributed by atoms with E-state index in [1.54, 1.807) is 28.9 Å². The van der Waals surface area contributed by atoms with Gasteiger partial charge in [-0.3, -0.25) is 0 Å². The number of benzene rings is 2. The van der Waals surface area contributed by atoms with E-state index in [0.29, 0.717) is 34.9 Å². The fraction of sp³-hybridized carbons (Fsp3) is 0.200. The molecule has 0 aliphatic heterocycles. The number of halogens is 1. The smallest absolute Gasteiger partial charge is 0.417 e. The van der Waals surface area contributed by atoms with E-state index in [1.165, 1.54) is 0 Å². The van der Waals surface area contributed by atoms with Gasteiger partial charge in [0.2, 0.25) is 0 Å². The summed E-state index contributed by atoms with van der Waals surface area (Å²) in [5.74, 6) is 0.292. The van der Waals surface area contributed by atoms with Crippen LogP contribution >= 0.6 is 11.6 Å². The molecule has 0 bridgehead atoms. The highest BCUT2D eigenvalue weighted by Crippen LogP contribution is 2.44. The van der Waals surface area contributed by atoms with E-state index in [0.717, 1.165) is 4.90 Å². The molecular weight excluding hydrogens is 366 g/mol. The number of anilines is 2. The van der Waals surface area contributed by atoms with Crippen LogP contribution in [0, 0.1) is 0 Å². The van der Waals surface area contributed by atoms with Gasteiger partial charge >= 0.3 is 6.09 Å². The van der Waals surface area contributed by atoms with Crippen molar-refractivity contribution in [2.75, 3.05) is 4.90 Å². The van der Waals surface area contributed by atoms with E-state index in [4.69, 9.17) is 11.6 Å². The number of hydrogen-bond acceptors (Lipinski definition) is 3. The Morgan fingerprint density at radius 2 is 1.67 bits per heavy atom. The maximum absolute atomic E-state index is 12.1. The topological polar surface area (TPSA) is 78.6 Å². The molecule has 4 rings (SSSR count). The van der Waals surface area contributed by atoms with Gasteiger partial charge in [0, 0.05) is 5.92 Å². The molecule has 7 heteroatoms. The largest absolute Gasteiger partial charge is 0.464 e. The molecule has 0 saturated heterocycles. The average Bonchev–Trinajstić information content (AvgIpc) is 2.98. The highest BCUT2D eigenvalue weighted by Gasteiger charge is 2.36. The third-order valence-electron chi connectivity index (χ3n) is 4.75. The highest BCUT2D eigenvalue weighted by atomic mass is 35.5. The normalized spacial score (nSPS) is 18.7. The molecule has 3 aromatic rings. The number of nitrogens with zero attached hydrogens (tertiary/aromatic N) is 3. The van der Waals surface area contributed by atoms with Gasteiger partial charge in [-0.15, -0.1) is 0 Å². The molecule has 1 aliphatic carbocycles. The quantitative estimate of drug-likeness (QED) is 0.691. The molecule has 1 aromatic heterocycles. The van der Waals surface area contributed by atoms with Crippen LogP contribution in [0.2, 0.25) is 5.02 Å². The summed E-state index contributed by atoms with van der Waals surface area (Å²) in [5, 5.41) is 24.5. The van der Waals surface area contributed by atoms with Crippen molar-refractivity contribution in [2.45, 2.75) is 24.9 Å². The molecule has 0 radical (unpaired) electrons. The van der Waals surface area contributed by atoms with Gasteiger partial charge in [-0.05, 0) is 37.1 Å². The van der Waals surface area contributed by atoms with Crippen molar-refractivity contribution < 1.29 is 15.0 Å². The monoisotopic (exact) mass is 383 g/mol. The van der Waals surface area contributed by atoms with E-state index in [-0.39, 0.29) is 17.8 Å². The highest BCUT2D eigenvalue weighted by molar-refractivity contribution is 6.34. The molecule has 27 heavy (non-hydrogen) atoms. The number of hydrogen-bond donors (Lipinski definition) is 2. The number of carbonyl (C=O) groups is 1. The summed E-state index contributed by atoms with van der Waals surface area (Å²) < 4.78 is 1.56. The first kappa shape index (κ1) is 17.6. The van der Waals surface area contributed by atoms with E-state index in [1.807, 2.05) is 36.4 Å². The number of aromatic nitrogens is 2. The van der Waals surface area contributed by atoms with Crippen LogP contribution in [0.25, 0.3) is 5.69 Å². The first-order valence-electron chi connectivity index (χ1n) is 8.66. The summed E-state index contributed by atoms with van der Waals surface area (Å²) in [6.45, 7) is 0. The second kappa shape index (κ2) is 7.06. The zero-order valence-electron chi connectivity index (χ0n) is 14.4. The molecule has 1 fully saturated rings. The third-order valence-corrected chi connectivity index (χ3v) is 5.11. The Kier molecular flexibility index (Phi) is 4.59. The maximum atomic E-state index is 12.1. The minimum Gasteiger partial charge on any atom is -0.464 e. The Bertz CT molecular complexity index is 953. The zero-order chi connectivity index (χ0) is 19.0. The minimum absolute atomic E-state index is 0.0163. The fourth-order valence-electron chi connectivity index (χ4n) is 3.32. The van der Waals surface area contributed by atoms with Crippen LogP contribution in [0.15, 0.2) is 60.7 Å². The van der Waals surface area contributed by atoms with Crippen molar-refractivity contribution in [3.63, 3.8) is 0 Å². The Morgan fingerprint density at radius 3 is 2.22 bits per heavy atom. The molecule has 1 amide bonds. The number of rotatable bonds is 4. The van der Waals surface area contributed by atoms with Gasteiger partial charge in [0.15, 0.2) is 5.82 Å². The van der Waals surface area contributed by atoms with Gasteiger partial charge in [-0.25, -0.2) is 14.4 Å². The molecule has 0 atom stereocenters. The van der Waals surface area contributed by atoms with Crippen LogP contribution in [-0.4, -0.2) is 32.2 Å². The lowest BCUT2D eigenvalue weighted by molar-refractivity contribution is 0.0731. The van der Waals surface area contributed by atoms with Crippen LogP contribution in [0.5, 0.6) is 0 Å². The Morgan fingerprint density at radius 1 is 1.07 bits per heavy atom. The van der Waals surface area contributed by atoms with Crippen molar-refractivity contribution in [1.29, 1.82) is 0 Å². The summed E-state index contributed by atoms with van der Waals surface area (Å²) in [5.41, 5.74) is 1.80.